The third-order valence-corrected chi connectivity index (χ3v) is 4.00. The molecule has 0 fully saturated rings. The van der Waals surface area contributed by atoms with E-state index in [-0.39, 0.29) is 0 Å². The van der Waals surface area contributed by atoms with Crippen LogP contribution in [0.2, 0.25) is 0 Å². The van der Waals surface area contributed by atoms with Crippen molar-refractivity contribution >= 4 is 45.2 Å². The normalized spacial score (nSPS) is 10.5. The van der Waals surface area contributed by atoms with Crippen molar-refractivity contribution < 1.29 is 9.47 Å². The van der Waals surface area contributed by atoms with E-state index in [9.17, 15) is 0 Å². The first-order valence-electron chi connectivity index (χ1n) is 7.11. The molecule has 24 heavy (non-hydrogen) atoms. The van der Waals surface area contributed by atoms with Crippen LogP contribution in [-0.4, -0.2) is 25.5 Å². The van der Waals surface area contributed by atoms with Gasteiger partial charge in [0.25, 0.3) is 0 Å². The molecule has 0 unspecified atom stereocenters. The lowest BCUT2D eigenvalue weighted by Crippen LogP contribution is -2.23. The molecule has 0 saturated heterocycles. The van der Waals surface area contributed by atoms with E-state index in [0.717, 1.165) is 15.7 Å². The monoisotopic (exact) mass is 407 g/mol. The van der Waals surface area contributed by atoms with Gasteiger partial charge in [0.05, 0.1) is 24.9 Å². The van der Waals surface area contributed by atoms with Gasteiger partial charge in [-0.15, -0.1) is 0 Å². The second-order valence-electron chi connectivity index (χ2n) is 4.92. The zero-order chi connectivity index (χ0) is 17.5. The Morgan fingerprint density at radius 2 is 1.79 bits per heavy atom. The van der Waals surface area contributed by atoms with Crippen LogP contribution in [0.5, 0.6) is 11.5 Å². The van der Waals surface area contributed by atoms with Crippen molar-refractivity contribution in [1.29, 1.82) is 0 Å². The van der Waals surface area contributed by atoms with Gasteiger partial charge < -0.3 is 14.8 Å². The standard InChI is InChI=1S/C17H18BrN3O2S/c1-11-4-6-13(7-5-11)20-17(24)21-19-10-12-8-14(18)16(23-3)9-15(12)22-2/h4-10H,1-3H3,(H2,20,21,24)/b19-10-. The summed E-state index contributed by atoms with van der Waals surface area (Å²) in [6, 6.07) is 11.6. The summed E-state index contributed by atoms with van der Waals surface area (Å²) >= 11 is 8.66. The minimum absolute atomic E-state index is 0.404. The van der Waals surface area contributed by atoms with Gasteiger partial charge in [-0.05, 0) is 53.3 Å². The lowest BCUT2D eigenvalue weighted by molar-refractivity contribution is 0.392. The summed E-state index contributed by atoms with van der Waals surface area (Å²) in [5, 5.41) is 7.60. The maximum atomic E-state index is 5.34. The molecule has 0 aromatic heterocycles. The Balaban J connectivity index is 2.01. The SMILES string of the molecule is COc1cc(OC)c(/C=N\NC(=S)Nc2ccc(C)cc2)cc1Br. The Morgan fingerprint density at radius 1 is 1.12 bits per heavy atom. The smallest absolute Gasteiger partial charge is 0.191 e. The first kappa shape index (κ1) is 18.2. The van der Waals surface area contributed by atoms with Crippen LogP contribution in [0.4, 0.5) is 5.69 Å². The van der Waals surface area contributed by atoms with E-state index in [1.165, 1.54) is 5.56 Å². The molecule has 2 aromatic carbocycles. The number of aryl methyl sites for hydroxylation is 1. The maximum Gasteiger partial charge on any atom is 0.191 e. The van der Waals surface area contributed by atoms with Gasteiger partial charge in [0.15, 0.2) is 5.11 Å². The Morgan fingerprint density at radius 3 is 2.42 bits per heavy atom. The van der Waals surface area contributed by atoms with Crippen LogP contribution >= 0.6 is 28.1 Å². The van der Waals surface area contributed by atoms with Gasteiger partial charge >= 0.3 is 0 Å². The van der Waals surface area contributed by atoms with E-state index in [0.29, 0.717) is 16.6 Å². The van der Waals surface area contributed by atoms with E-state index in [4.69, 9.17) is 21.7 Å². The number of hydrogen-bond acceptors (Lipinski definition) is 4. The van der Waals surface area contributed by atoms with Crippen LogP contribution in [-0.2, 0) is 0 Å². The second-order valence-corrected chi connectivity index (χ2v) is 6.18. The van der Waals surface area contributed by atoms with Crippen molar-refractivity contribution in [3.8, 4) is 11.5 Å². The molecular formula is C17H18BrN3O2S. The molecular weight excluding hydrogens is 390 g/mol. The van der Waals surface area contributed by atoms with Crippen molar-refractivity contribution in [3.05, 3.63) is 52.0 Å². The molecule has 7 heteroatoms. The van der Waals surface area contributed by atoms with Crippen molar-refractivity contribution in [2.24, 2.45) is 5.10 Å². The Hall–Kier alpha value is -2.12. The molecule has 0 aliphatic heterocycles. The minimum Gasteiger partial charge on any atom is -0.496 e. The summed E-state index contributed by atoms with van der Waals surface area (Å²) in [7, 11) is 3.20. The lowest BCUT2D eigenvalue weighted by atomic mass is 10.2. The van der Waals surface area contributed by atoms with E-state index in [1.807, 2.05) is 37.3 Å². The highest BCUT2D eigenvalue weighted by Crippen LogP contribution is 2.31. The van der Waals surface area contributed by atoms with Crippen molar-refractivity contribution in [1.82, 2.24) is 5.43 Å². The topological polar surface area (TPSA) is 54.9 Å². The van der Waals surface area contributed by atoms with Crippen LogP contribution in [0.1, 0.15) is 11.1 Å². The summed E-state index contributed by atoms with van der Waals surface area (Å²) in [4.78, 5) is 0. The highest BCUT2D eigenvalue weighted by Gasteiger charge is 2.08. The first-order chi connectivity index (χ1) is 11.5. The molecule has 2 N–H and O–H groups in total. The number of nitrogens with zero attached hydrogens (tertiary/aromatic N) is 1. The summed E-state index contributed by atoms with van der Waals surface area (Å²) in [5.41, 5.74) is 5.66. The van der Waals surface area contributed by atoms with Crippen LogP contribution < -0.4 is 20.2 Å². The van der Waals surface area contributed by atoms with Gasteiger partial charge in [0.2, 0.25) is 0 Å². The number of thiocarbonyl (C=S) groups is 1. The molecule has 0 aliphatic carbocycles. The lowest BCUT2D eigenvalue weighted by Gasteiger charge is -2.10. The third kappa shape index (κ3) is 4.94. The molecule has 126 valence electrons. The third-order valence-electron chi connectivity index (χ3n) is 3.18. The molecule has 0 saturated carbocycles. The molecule has 0 amide bonds. The fourth-order valence-corrected chi connectivity index (χ4v) is 2.63. The minimum atomic E-state index is 0.404. The number of ether oxygens (including phenoxy) is 2. The predicted octanol–water partition coefficient (Wildman–Crippen LogP) is 4.10. The number of halogens is 1. The molecule has 0 aliphatic rings. The molecule has 0 bridgehead atoms. The fraction of sp³-hybridized carbons (Fsp3) is 0.176. The van der Waals surface area contributed by atoms with E-state index in [1.54, 1.807) is 26.5 Å². The van der Waals surface area contributed by atoms with Gasteiger partial charge in [-0.2, -0.15) is 5.10 Å². The molecule has 0 heterocycles. The number of hydrazone groups is 1. The van der Waals surface area contributed by atoms with Gasteiger partial charge in [0, 0.05) is 17.3 Å². The van der Waals surface area contributed by atoms with Crippen molar-refractivity contribution in [3.63, 3.8) is 0 Å². The van der Waals surface area contributed by atoms with Crippen LogP contribution in [0.15, 0.2) is 46.0 Å². The van der Waals surface area contributed by atoms with Crippen molar-refractivity contribution in [2.45, 2.75) is 6.92 Å². The number of nitrogens with one attached hydrogen (secondary N) is 2. The summed E-state index contributed by atoms with van der Waals surface area (Å²) in [6.45, 7) is 2.03. The van der Waals surface area contributed by atoms with Crippen LogP contribution in [0.25, 0.3) is 0 Å². The average Bonchev–Trinajstić information content (AvgIpc) is 2.57. The Bertz CT molecular complexity index is 748. The zero-order valence-corrected chi connectivity index (χ0v) is 16.0. The summed E-state index contributed by atoms with van der Waals surface area (Å²) in [5.74, 6) is 1.34. The van der Waals surface area contributed by atoms with E-state index >= 15 is 0 Å². The van der Waals surface area contributed by atoms with Gasteiger partial charge in [0.1, 0.15) is 11.5 Å². The Kier molecular flexibility index (Phi) is 6.57. The average molecular weight is 408 g/mol. The Labute approximate surface area is 155 Å². The van der Waals surface area contributed by atoms with Gasteiger partial charge in [-0.1, -0.05) is 17.7 Å². The molecule has 2 rings (SSSR count). The van der Waals surface area contributed by atoms with Gasteiger partial charge in [-0.25, -0.2) is 0 Å². The van der Waals surface area contributed by atoms with Gasteiger partial charge in [-0.3, -0.25) is 5.43 Å². The zero-order valence-electron chi connectivity index (χ0n) is 13.6. The molecule has 0 radical (unpaired) electrons. The number of benzene rings is 2. The fourth-order valence-electron chi connectivity index (χ4n) is 1.94. The maximum absolute atomic E-state index is 5.34. The number of anilines is 1. The largest absolute Gasteiger partial charge is 0.496 e. The molecule has 0 atom stereocenters. The second kappa shape index (κ2) is 8.65. The molecule has 2 aromatic rings. The van der Waals surface area contributed by atoms with Crippen LogP contribution in [0.3, 0.4) is 0 Å². The number of hydrogen-bond donors (Lipinski definition) is 2. The summed E-state index contributed by atoms with van der Waals surface area (Å²) in [6.07, 6.45) is 1.63. The molecule has 5 nitrogen and oxygen atoms in total. The number of rotatable bonds is 5. The first-order valence-corrected chi connectivity index (χ1v) is 8.32. The predicted molar refractivity (Wildman–Crippen MR) is 105 cm³/mol. The quantitative estimate of drug-likeness (QED) is 0.443. The van der Waals surface area contributed by atoms with E-state index in [2.05, 4.69) is 31.8 Å². The summed E-state index contributed by atoms with van der Waals surface area (Å²) < 4.78 is 11.4. The van der Waals surface area contributed by atoms with Crippen LogP contribution in [0, 0.1) is 6.92 Å². The number of methoxy groups -OCH3 is 2. The molecule has 0 spiro atoms. The highest BCUT2D eigenvalue weighted by atomic mass is 79.9. The van der Waals surface area contributed by atoms with Crippen molar-refractivity contribution in [2.75, 3.05) is 19.5 Å². The van der Waals surface area contributed by atoms with E-state index < -0.39 is 0 Å². The highest BCUT2D eigenvalue weighted by molar-refractivity contribution is 9.10.